The van der Waals surface area contributed by atoms with Crippen LogP contribution in [0.2, 0.25) is 0 Å². The average Bonchev–Trinajstić information content (AvgIpc) is 3.55. The molecule has 3 nitrogen and oxygen atoms in total. The summed E-state index contributed by atoms with van der Waals surface area (Å²) in [6.07, 6.45) is 8.82. The minimum absolute atomic E-state index is 0.573. The van der Waals surface area contributed by atoms with Gasteiger partial charge < -0.3 is 10.1 Å². The van der Waals surface area contributed by atoms with Gasteiger partial charge in [-0.3, -0.25) is 0 Å². The summed E-state index contributed by atoms with van der Waals surface area (Å²) in [7, 11) is 1.67. The molecule has 1 spiro atoms. The van der Waals surface area contributed by atoms with Gasteiger partial charge in [0.2, 0.25) is 0 Å². The van der Waals surface area contributed by atoms with E-state index in [-0.39, 0.29) is 0 Å². The Morgan fingerprint density at radius 3 is 2.50 bits per heavy atom. The van der Waals surface area contributed by atoms with E-state index in [4.69, 9.17) is 4.74 Å². The van der Waals surface area contributed by atoms with Gasteiger partial charge in [-0.15, -0.1) is 0 Å². The molecular formula is C25H44N2O. The van der Waals surface area contributed by atoms with E-state index in [1.807, 2.05) is 13.1 Å². The van der Waals surface area contributed by atoms with Crippen LogP contribution in [0.15, 0.2) is 16.8 Å². The standard InChI is InChI=1S/C25H44N2O/c1-16(12-13-26-23-20(5)24(7)22-14-25(22,23)24)10-9-11-17(2)19(4)18(3)15-27-21(6)28-8/h15-17,19-20,22-23,26H,9-14H2,1-8H3/b18-15+,27-21?/t16-,17?,19-,20+,22-,23?,24+,25+/m1/s1. The molecule has 0 aromatic rings. The first-order chi connectivity index (χ1) is 13.2. The van der Waals surface area contributed by atoms with Crippen molar-refractivity contribution in [3.05, 3.63) is 11.8 Å². The monoisotopic (exact) mass is 388 g/mol. The van der Waals surface area contributed by atoms with Gasteiger partial charge in [-0.25, -0.2) is 4.99 Å². The molecule has 3 aliphatic rings. The molecule has 2 unspecified atom stereocenters. The van der Waals surface area contributed by atoms with Crippen LogP contribution < -0.4 is 5.32 Å². The third-order valence-corrected chi connectivity index (χ3v) is 9.32. The van der Waals surface area contributed by atoms with E-state index in [9.17, 15) is 0 Å². The molecule has 3 fully saturated rings. The zero-order valence-corrected chi connectivity index (χ0v) is 19.6. The number of allylic oxidation sites excluding steroid dienone is 1. The zero-order chi connectivity index (χ0) is 20.7. The molecule has 3 aliphatic carbocycles. The molecule has 0 saturated heterocycles. The Hall–Kier alpha value is -0.830. The minimum atomic E-state index is 0.573. The molecule has 28 heavy (non-hydrogen) atoms. The van der Waals surface area contributed by atoms with Crippen LogP contribution in [-0.4, -0.2) is 25.6 Å². The molecule has 0 radical (unpaired) electrons. The van der Waals surface area contributed by atoms with Gasteiger partial charge in [0.25, 0.3) is 0 Å². The van der Waals surface area contributed by atoms with Crippen molar-refractivity contribution >= 4 is 5.90 Å². The summed E-state index contributed by atoms with van der Waals surface area (Å²) in [5.41, 5.74) is 2.85. The van der Waals surface area contributed by atoms with Crippen molar-refractivity contribution in [1.82, 2.24) is 5.32 Å². The average molecular weight is 389 g/mol. The van der Waals surface area contributed by atoms with Crippen molar-refractivity contribution in [3.8, 4) is 0 Å². The Labute approximate surface area is 173 Å². The van der Waals surface area contributed by atoms with Gasteiger partial charge >= 0.3 is 0 Å². The van der Waals surface area contributed by atoms with Crippen molar-refractivity contribution in [2.75, 3.05) is 13.7 Å². The smallest absolute Gasteiger partial charge is 0.184 e. The number of hydrogen-bond donors (Lipinski definition) is 1. The summed E-state index contributed by atoms with van der Waals surface area (Å²) in [4.78, 5) is 4.37. The number of nitrogens with one attached hydrogen (secondary N) is 1. The number of rotatable bonds is 11. The zero-order valence-electron chi connectivity index (χ0n) is 19.6. The SMILES string of the molecule is COC(C)=N/C=C(\C)[C@H](C)C(C)CCC[C@@H](C)CCNC1[C@H](C)[C@@]2(C)[C@H]3C[C@@]132. The fraction of sp³-hybridized carbons (Fsp3) is 0.880. The predicted molar refractivity (Wildman–Crippen MR) is 119 cm³/mol. The molecule has 8 atom stereocenters. The second-order valence-corrected chi connectivity index (χ2v) is 10.6. The molecule has 0 heterocycles. The van der Waals surface area contributed by atoms with Crippen LogP contribution in [0.4, 0.5) is 0 Å². The summed E-state index contributed by atoms with van der Waals surface area (Å²) in [6.45, 7) is 17.5. The van der Waals surface area contributed by atoms with Crippen LogP contribution >= 0.6 is 0 Å². The maximum atomic E-state index is 5.12. The van der Waals surface area contributed by atoms with Gasteiger partial charge in [0.15, 0.2) is 5.90 Å². The molecule has 0 aromatic heterocycles. The molecule has 1 N–H and O–H groups in total. The molecule has 3 saturated carbocycles. The van der Waals surface area contributed by atoms with Gasteiger partial charge in [0.1, 0.15) is 0 Å². The third kappa shape index (κ3) is 3.57. The van der Waals surface area contributed by atoms with Crippen molar-refractivity contribution in [2.45, 2.75) is 86.6 Å². The van der Waals surface area contributed by atoms with E-state index in [1.54, 1.807) is 7.11 Å². The maximum Gasteiger partial charge on any atom is 0.184 e. The molecule has 0 aromatic carbocycles. The maximum absolute atomic E-state index is 5.12. The molecule has 160 valence electrons. The van der Waals surface area contributed by atoms with Crippen LogP contribution in [0.3, 0.4) is 0 Å². The number of aliphatic imine (C=N–C) groups is 1. The Bertz CT molecular complexity index is 626. The second kappa shape index (κ2) is 8.13. The summed E-state index contributed by atoms with van der Waals surface area (Å²) in [6, 6.07) is 0.828. The van der Waals surface area contributed by atoms with Crippen molar-refractivity contribution in [2.24, 2.45) is 45.4 Å². The number of fused-ring (bicyclic) bond motifs is 1. The van der Waals surface area contributed by atoms with Gasteiger partial charge in [0.05, 0.1) is 7.11 Å². The molecule has 0 amide bonds. The minimum Gasteiger partial charge on any atom is -0.484 e. The van der Waals surface area contributed by atoms with Crippen LogP contribution in [0.5, 0.6) is 0 Å². The lowest BCUT2D eigenvalue weighted by atomic mass is 9.60. The number of methoxy groups -OCH3 is 1. The van der Waals surface area contributed by atoms with E-state index in [2.05, 4.69) is 51.9 Å². The number of nitrogens with zero attached hydrogens (tertiary/aromatic N) is 1. The summed E-state index contributed by atoms with van der Waals surface area (Å²) in [5.74, 6) is 4.81. The van der Waals surface area contributed by atoms with Crippen molar-refractivity contribution < 1.29 is 4.74 Å². The highest BCUT2D eigenvalue weighted by molar-refractivity contribution is 5.73. The lowest BCUT2D eigenvalue weighted by molar-refractivity contribution is 0.0278. The third-order valence-electron chi connectivity index (χ3n) is 9.32. The van der Waals surface area contributed by atoms with Crippen LogP contribution in [0.1, 0.15) is 80.6 Å². The van der Waals surface area contributed by atoms with Crippen LogP contribution in [0, 0.1) is 40.4 Å². The molecule has 3 rings (SSSR count). The van der Waals surface area contributed by atoms with E-state index in [0.29, 0.717) is 11.8 Å². The Kier molecular flexibility index (Phi) is 6.35. The lowest BCUT2D eigenvalue weighted by Gasteiger charge is -2.49. The highest BCUT2D eigenvalue weighted by Crippen LogP contribution is 2.98. The van der Waals surface area contributed by atoms with Crippen LogP contribution in [-0.2, 0) is 4.74 Å². The van der Waals surface area contributed by atoms with Gasteiger partial charge in [-0.05, 0) is 66.7 Å². The first-order valence-corrected chi connectivity index (χ1v) is 11.7. The van der Waals surface area contributed by atoms with Gasteiger partial charge in [-0.1, -0.05) is 59.5 Å². The van der Waals surface area contributed by atoms with E-state index in [1.165, 1.54) is 44.2 Å². The van der Waals surface area contributed by atoms with Crippen molar-refractivity contribution in [3.63, 3.8) is 0 Å². The molecule has 0 bridgehead atoms. The second-order valence-electron chi connectivity index (χ2n) is 10.6. The summed E-state index contributed by atoms with van der Waals surface area (Å²) in [5, 5.41) is 3.93. The molecular weight excluding hydrogens is 344 g/mol. The summed E-state index contributed by atoms with van der Waals surface area (Å²) >= 11 is 0. The quantitative estimate of drug-likeness (QED) is 0.345. The van der Waals surface area contributed by atoms with Crippen LogP contribution in [0.25, 0.3) is 0 Å². The van der Waals surface area contributed by atoms with Gasteiger partial charge in [0, 0.05) is 19.2 Å². The number of hydrogen-bond acceptors (Lipinski definition) is 3. The van der Waals surface area contributed by atoms with E-state index >= 15 is 0 Å². The number of ether oxygens (including phenoxy) is 1. The predicted octanol–water partition coefficient (Wildman–Crippen LogP) is 6.06. The van der Waals surface area contributed by atoms with Gasteiger partial charge in [-0.2, -0.15) is 0 Å². The largest absolute Gasteiger partial charge is 0.484 e. The fourth-order valence-corrected chi connectivity index (χ4v) is 6.38. The first kappa shape index (κ1) is 21.9. The lowest BCUT2D eigenvalue weighted by Crippen LogP contribution is -2.56. The highest BCUT2D eigenvalue weighted by atomic mass is 16.5. The normalized spacial score (nSPS) is 39.4. The van der Waals surface area contributed by atoms with Crippen molar-refractivity contribution in [1.29, 1.82) is 0 Å². The molecule has 0 aliphatic heterocycles. The first-order valence-electron chi connectivity index (χ1n) is 11.7. The highest BCUT2D eigenvalue weighted by Gasteiger charge is 2.97. The topological polar surface area (TPSA) is 33.6 Å². The van der Waals surface area contributed by atoms with E-state index < -0.39 is 0 Å². The summed E-state index contributed by atoms with van der Waals surface area (Å²) < 4.78 is 5.12. The molecule has 3 heteroatoms. The van der Waals surface area contributed by atoms with E-state index in [0.717, 1.165) is 40.5 Å². The Morgan fingerprint density at radius 2 is 1.93 bits per heavy atom. The Morgan fingerprint density at radius 1 is 1.21 bits per heavy atom. The fourth-order valence-electron chi connectivity index (χ4n) is 6.38. The Balaban J connectivity index is 1.28.